The van der Waals surface area contributed by atoms with Crippen molar-refractivity contribution >= 4 is 63.2 Å². The number of carbonyl (C=O) groups excluding carboxylic acids is 2. The first kappa shape index (κ1) is 27.5. The van der Waals surface area contributed by atoms with Crippen molar-refractivity contribution in [2.45, 2.75) is 50.4 Å². The third kappa shape index (κ3) is 6.67. The Hall–Kier alpha value is -2.53. The molecule has 0 spiro atoms. The van der Waals surface area contributed by atoms with Crippen LogP contribution in [0.25, 0.3) is 0 Å². The van der Waals surface area contributed by atoms with Gasteiger partial charge in [0.05, 0.1) is 23.4 Å². The van der Waals surface area contributed by atoms with Crippen molar-refractivity contribution in [3.63, 3.8) is 0 Å². The number of carbonyl (C=O) groups is 2. The number of methoxy groups -OCH3 is 1. The van der Waals surface area contributed by atoms with Crippen LogP contribution in [0.2, 0.25) is 10.0 Å². The molecule has 0 bridgehead atoms. The van der Waals surface area contributed by atoms with Gasteiger partial charge in [0.1, 0.15) is 17.4 Å². The number of thiophene rings is 1. The third-order valence-corrected chi connectivity index (χ3v) is 8.47. The van der Waals surface area contributed by atoms with Crippen molar-refractivity contribution in [1.82, 2.24) is 14.8 Å². The number of nitrogens with one attached hydrogen (secondary N) is 1. The van der Waals surface area contributed by atoms with E-state index in [1.807, 2.05) is 4.57 Å². The predicted octanol–water partition coefficient (Wildman–Crippen LogP) is 6.20. The van der Waals surface area contributed by atoms with Crippen molar-refractivity contribution in [2.75, 3.05) is 18.2 Å². The van der Waals surface area contributed by atoms with E-state index in [0.717, 1.165) is 42.5 Å². The van der Waals surface area contributed by atoms with E-state index in [9.17, 15) is 9.59 Å². The van der Waals surface area contributed by atoms with Crippen LogP contribution in [0.4, 0.5) is 5.00 Å². The van der Waals surface area contributed by atoms with Gasteiger partial charge in [-0.05, 0) is 43.4 Å². The molecule has 1 amide bonds. The Balaban J connectivity index is 1.44. The van der Waals surface area contributed by atoms with Crippen LogP contribution in [0.3, 0.4) is 0 Å². The van der Waals surface area contributed by atoms with Gasteiger partial charge in [-0.25, -0.2) is 4.79 Å². The summed E-state index contributed by atoms with van der Waals surface area (Å²) in [5.74, 6) is 0.403. The van der Waals surface area contributed by atoms with E-state index < -0.39 is 5.97 Å². The Morgan fingerprint density at radius 3 is 2.84 bits per heavy atom. The van der Waals surface area contributed by atoms with Gasteiger partial charge in [-0.15, -0.1) is 28.1 Å². The summed E-state index contributed by atoms with van der Waals surface area (Å²) in [4.78, 5) is 26.6. The summed E-state index contributed by atoms with van der Waals surface area (Å²) < 4.78 is 12.6. The van der Waals surface area contributed by atoms with Crippen molar-refractivity contribution in [2.24, 2.45) is 0 Å². The minimum atomic E-state index is -0.419. The Morgan fingerprint density at radius 2 is 2.05 bits per heavy atom. The molecule has 0 unspecified atom stereocenters. The first-order valence-electron chi connectivity index (χ1n) is 11.7. The van der Waals surface area contributed by atoms with Crippen LogP contribution < -0.4 is 10.1 Å². The maximum absolute atomic E-state index is 12.9. The zero-order chi connectivity index (χ0) is 26.4. The molecule has 1 aliphatic carbocycles. The molecular formula is C25H26Cl2N4O4S2. The molecule has 1 aromatic carbocycles. The molecular weight excluding hydrogens is 555 g/mol. The number of aryl methyl sites for hydroxylation is 1. The van der Waals surface area contributed by atoms with Crippen LogP contribution in [-0.2, 0) is 35.5 Å². The fourth-order valence-electron chi connectivity index (χ4n) is 4.02. The zero-order valence-electron chi connectivity index (χ0n) is 20.2. The molecule has 2 aromatic heterocycles. The maximum Gasteiger partial charge on any atom is 0.341 e. The molecule has 0 fully saturated rings. The fourth-order valence-corrected chi connectivity index (χ4v) is 6.41. The smallest absolute Gasteiger partial charge is 0.341 e. The molecule has 37 heavy (non-hydrogen) atoms. The minimum absolute atomic E-state index is 0.0828. The van der Waals surface area contributed by atoms with Crippen LogP contribution in [-0.4, -0.2) is 39.5 Å². The Labute approximate surface area is 233 Å². The van der Waals surface area contributed by atoms with Crippen LogP contribution in [0.1, 0.15) is 45.9 Å². The summed E-state index contributed by atoms with van der Waals surface area (Å²) in [6.07, 6.45) is 6.66. The second-order valence-electron chi connectivity index (χ2n) is 8.26. The number of benzene rings is 1. The molecule has 0 aliphatic heterocycles. The molecule has 3 aromatic rings. The number of fused-ring (bicyclic) bond motifs is 1. The van der Waals surface area contributed by atoms with Crippen LogP contribution in [0, 0.1) is 0 Å². The highest BCUT2D eigenvalue weighted by Gasteiger charge is 2.26. The summed E-state index contributed by atoms with van der Waals surface area (Å²) in [6.45, 7) is 4.34. The number of halogens is 2. The van der Waals surface area contributed by atoms with Crippen LogP contribution in [0.5, 0.6) is 5.75 Å². The van der Waals surface area contributed by atoms with Gasteiger partial charge < -0.3 is 14.8 Å². The van der Waals surface area contributed by atoms with Gasteiger partial charge in [0.2, 0.25) is 5.91 Å². The number of esters is 1. The molecule has 0 atom stereocenters. The minimum Gasteiger partial charge on any atom is -0.484 e. The number of thioether (sulfide) groups is 1. The molecule has 196 valence electrons. The number of ether oxygens (including phenoxy) is 2. The van der Waals surface area contributed by atoms with Crippen LogP contribution >= 0.6 is 46.3 Å². The van der Waals surface area contributed by atoms with Crippen molar-refractivity contribution < 1.29 is 19.1 Å². The maximum atomic E-state index is 12.9. The summed E-state index contributed by atoms with van der Waals surface area (Å²) in [5.41, 5.74) is 1.49. The lowest BCUT2D eigenvalue weighted by molar-refractivity contribution is -0.113. The summed E-state index contributed by atoms with van der Waals surface area (Å²) >= 11 is 14.9. The summed E-state index contributed by atoms with van der Waals surface area (Å²) in [7, 11) is 1.36. The molecule has 8 nitrogen and oxygen atoms in total. The van der Waals surface area contributed by atoms with Gasteiger partial charge in [0, 0.05) is 22.5 Å². The number of aromatic nitrogens is 3. The summed E-state index contributed by atoms with van der Waals surface area (Å²) in [6, 6.07) is 4.97. The lowest BCUT2D eigenvalue weighted by atomic mass is 10.1. The highest BCUT2D eigenvalue weighted by molar-refractivity contribution is 7.99. The topological polar surface area (TPSA) is 95.3 Å². The molecule has 4 rings (SSSR count). The predicted molar refractivity (Wildman–Crippen MR) is 147 cm³/mol. The fraction of sp³-hybridized carbons (Fsp3) is 0.360. The standard InChI is InChI=1S/C25H26Cl2N4O4S2/c1-3-11-31-20(13-35-18-12-15(26)9-10-17(18)27)29-30-25(31)36-14-21(32)28-23-22(24(33)34-2)16-7-5-4-6-8-19(16)37-23/h3,9-10,12H,1,4-8,11,13-14H2,2H3,(H,28,32). The SMILES string of the molecule is C=CCn1c(COc2cc(Cl)ccc2Cl)nnc1SCC(=O)Nc1sc2c(c1C(=O)OC)CCCCC2. The quantitative estimate of drug-likeness (QED) is 0.132. The van der Waals surface area contributed by atoms with Crippen molar-refractivity contribution in [1.29, 1.82) is 0 Å². The van der Waals surface area contributed by atoms with E-state index in [-0.39, 0.29) is 18.3 Å². The number of nitrogens with zero attached hydrogens (tertiary/aromatic N) is 3. The molecule has 0 saturated heterocycles. The van der Waals surface area contributed by atoms with Gasteiger partial charge in [-0.2, -0.15) is 0 Å². The number of hydrogen-bond acceptors (Lipinski definition) is 8. The van der Waals surface area contributed by atoms with Gasteiger partial charge in [-0.1, -0.05) is 47.5 Å². The second-order valence-corrected chi connectivity index (χ2v) is 11.1. The molecule has 2 heterocycles. The lowest BCUT2D eigenvalue weighted by Gasteiger charge is -2.10. The number of hydrogen-bond donors (Lipinski definition) is 1. The van der Waals surface area contributed by atoms with Crippen LogP contribution in [0.15, 0.2) is 36.0 Å². The van der Waals surface area contributed by atoms with E-state index in [0.29, 0.717) is 43.9 Å². The lowest BCUT2D eigenvalue weighted by Crippen LogP contribution is -2.17. The highest BCUT2D eigenvalue weighted by atomic mass is 35.5. The molecule has 0 saturated carbocycles. The summed E-state index contributed by atoms with van der Waals surface area (Å²) in [5, 5.41) is 13.4. The average Bonchev–Trinajstić information content (AvgIpc) is 3.34. The van der Waals surface area contributed by atoms with Gasteiger partial charge in [0.25, 0.3) is 0 Å². The Bertz CT molecular complexity index is 1310. The Kier molecular flexibility index (Phi) is 9.53. The molecule has 0 radical (unpaired) electrons. The monoisotopic (exact) mass is 580 g/mol. The first-order valence-corrected chi connectivity index (χ1v) is 14.2. The highest BCUT2D eigenvalue weighted by Crippen LogP contribution is 2.38. The zero-order valence-corrected chi connectivity index (χ0v) is 23.4. The van der Waals surface area contributed by atoms with Crippen molar-refractivity contribution in [3.05, 3.63) is 62.7 Å². The third-order valence-electron chi connectivity index (χ3n) is 5.75. The van der Waals surface area contributed by atoms with E-state index in [4.69, 9.17) is 32.7 Å². The molecule has 1 N–H and O–H groups in total. The van der Waals surface area contributed by atoms with E-state index in [1.54, 1.807) is 24.3 Å². The number of anilines is 1. The Morgan fingerprint density at radius 1 is 1.24 bits per heavy atom. The van der Waals surface area contributed by atoms with Crippen molar-refractivity contribution in [3.8, 4) is 5.75 Å². The van der Waals surface area contributed by atoms with E-state index in [1.165, 1.54) is 30.2 Å². The van der Waals surface area contributed by atoms with Gasteiger partial charge in [-0.3, -0.25) is 9.36 Å². The van der Waals surface area contributed by atoms with Gasteiger partial charge >= 0.3 is 5.97 Å². The molecule has 1 aliphatic rings. The number of allylic oxidation sites excluding steroid dienone is 1. The first-order chi connectivity index (χ1) is 17.9. The largest absolute Gasteiger partial charge is 0.484 e. The number of rotatable bonds is 10. The van der Waals surface area contributed by atoms with E-state index >= 15 is 0 Å². The number of amides is 1. The second kappa shape index (κ2) is 12.8. The molecule has 12 heteroatoms. The van der Waals surface area contributed by atoms with E-state index in [2.05, 4.69) is 22.1 Å². The average molecular weight is 582 g/mol. The van der Waals surface area contributed by atoms with Gasteiger partial charge in [0.15, 0.2) is 11.0 Å². The normalized spacial score (nSPS) is 12.9.